The monoisotopic (exact) mass is 171 g/mol. The second kappa shape index (κ2) is 3.34. The van der Waals surface area contributed by atoms with E-state index < -0.39 is 0 Å². The van der Waals surface area contributed by atoms with Crippen molar-refractivity contribution >= 4 is 22.6 Å². The number of hydrogen-bond donors (Lipinski definition) is 1. The van der Waals surface area contributed by atoms with Crippen molar-refractivity contribution in [1.29, 1.82) is 0 Å². The highest BCUT2D eigenvalue weighted by molar-refractivity contribution is 7.10. The van der Waals surface area contributed by atoms with E-state index in [1.165, 1.54) is 16.4 Å². The van der Waals surface area contributed by atoms with Crippen LogP contribution in [0.25, 0.3) is 0 Å². The van der Waals surface area contributed by atoms with Crippen LogP contribution in [0.3, 0.4) is 0 Å². The van der Waals surface area contributed by atoms with E-state index in [9.17, 15) is 4.79 Å². The second-order valence-corrected chi connectivity index (χ2v) is 3.03. The summed E-state index contributed by atoms with van der Waals surface area (Å²) in [5.41, 5.74) is 0. The molecule has 11 heavy (non-hydrogen) atoms. The normalized spacial score (nSPS) is 9.27. The number of anilines is 1. The lowest BCUT2D eigenvalue weighted by molar-refractivity contribution is 0.231. The Morgan fingerprint density at radius 2 is 2.45 bits per heavy atom. The Balaban J connectivity index is 2.50. The Kier molecular flexibility index (Phi) is 2.43. The molecule has 4 nitrogen and oxygen atoms in total. The number of aromatic nitrogens is 1. The van der Waals surface area contributed by atoms with Crippen LogP contribution in [0.5, 0.6) is 0 Å². The van der Waals surface area contributed by atoms with Gasteiger partial charge in [0, 0.05) is 20.3 Å². The van der Waals surface area contributed by atoms with Gasteiger partial charge in [0.15, 0.2) is 0 Å². The zero-order chi connectivity index (χ0) is 8.27. The van der Waals surface area contributed by atoms with Gasteiger partial charge in [0.05, 0.1) is 0 Å². The summed E-state index contributed by atoms with van der Waals surface area (Å²) in [6, 6.07) is 1.63. The van der Waals surface area contributed by atoms with Crippen molar-refractivity contribution in [3.05, 3.63) is 12.3 Å². The maximum atomic E-state index is 11.0. The molecule has 5 heteroatoms. The number of urea groups is 1. The van der Waals surface area contributed by atoms with Gasteiger partial charge >= 0.3 is 6.03 Å². The van der Waals surface area contributed by atoms with Gasteiger partial charge in [-0.2, -0.15) is 4.37 Å². The molecule has 1 aromatic heterocycles. The molecule has 1 heterocycles. The summed E-state index contributed by atoms with van der Waals surface area (Å²) in [6.07, 6.45) is 1.65. The molecule has 0 aliphatic heterocycles. The van der Waals surface area contributed by atoms with Gasteiger partial charge in [-0.25, -0.2) is 4.79 Å². The van der Waals surface area contributed by atoms with Crippen molar-refractivity contribution in [2.24, 2.45) is 0 Å². The van der Waals surface area contributed by atoms with E-state index in [0.29, 0.717) is 0 Å². The minimum absolute atomic E-state index is 0.130. The summed E-state index contributed by atoms with van der Waals surface area (Å²) in [5, 5.41) is 3.43. The lowest BCUT2D eigenvalue weighted by atomic mass is 10.6. The van der Waals surface area contributed by atoms with Crippen molar-refractivity contribution in [2.45, 2.75) is 0 Å². The number of amides is 2. The Morgan fingerprint density at radius 3 is 2.91 bits per heavy atom. The van der Waals surface area contributed by atoms with Crippen LogP contribution in [0.2, 0.25) is 0 Å². The quantitative estimate of drug-likeness (QED) is 0.690. The highest BCUT2D eigenvalue weighted by Crippen LogP contribution is 2.11. The molecule has 0 saturated heterocycles. The minimum atomic E-state index is -0.130. The zero-order valence-corrected chi connectivity index (χ0v) is 7.18. The predicted molar refractivity (Wildman–Crippen MR) is 44.8 cm³/mol. The van der Waals surface area contributed by atoms with Crippen molar-refractivity contribution in [3.63, 3.8) is 0 Å². The fourth-order valence-electron chi connectivity index (χ4n) is 0.497. The lowest BCUT2D eigenvalue weighted by Crippen LogP contribution is -2.26. The number of carbonyl (C=O) groups excluding carboxylic acids is 1. The first kappa shape index (κ1) is 8.00. The Hall–Kier alpha value is -1.10. The number of hydrogen-bond acceptors (Lipinski definition) is 3. The molecule has 0 atom stereocenters. The van der Waals surface area contributed by atoms with Crippen LogP contribution in [0, 0.1) is 0 Å². The van der Waals surface area contributed by atoms with E-state index >= 15 is 0 Å². The summed E-state index contributed by atoms with van der Waals surface area (Å²) in [7, 11) is 3.38. The largest absolute Gasteiger partial charge is 0.331 e. The van der Waals surface area contributed by atoms with E-state index in [1.807, 2.05) is 0 Å². The number of rotatable bonds is 1. The average Bonchev–Trinajstić information content (AvgIpc) is 2.39. The van der Waals surface area contributed by atoms with Crippen molar-refractivity contribution in [1.82, 2.24) is 9.27 Å². The number of nitrogens with zero attached hydrogens (tertiary/aromatic N) is 2. The fraction of sp³-hybridized carbons (Fsp3) is 0.333. The summed E-state index contributed by atoms with van der Waals surface area (Å²) < 4.78 is 3.84. The molecule has 1 rings (SSSR count). The number of nitrogens with one attached hydrogen (secondary N) is 1. The van der Waals surface area contributed by atoms with Crippen LogP contribution in [0.15, 0.2) is 12.3 Å². The first-order valence-electron chi connectivity index (χ1n) is 3.09. The summed E-state index contributed by atoms with van der Waals surface area (Å²) in [5.74, 6) is 0. The maximum absolute atomic E-state index is 11.0. The Morgan fingerprint density at radius 1 is 1.73 bits per heavy atom. The van der Waals surface area contributed by atoms with Crippen molar-refractivity contribution in [2.75, 3.05) is 19.4 Å². The molecule has 0 fully saturated rings. The first-order valence-corrected chi connectivity index (χ1v) is 3.86. The van der Waals surface area contributed by atoms with Crippen molar-refractivity contribution in [3.8, 4) is 0 Å². The van der Waals surface area contributed by atoms with E-state index in [0.717, 1.165) is 5.00 Å². The molecule has 0 aliphatic rings. The van der Waals surface area contributed by atoms with E-state index in [2.05, 4.69) is 9.69 Å². The van der Waals surface area contributed by atoms with Crippen LogP contribution < -0.4 is 5.32 Å². The van der Waals surface area contributed by atoms with Gasteiger partial charge in [-0.15, -0.1) is 0 Å². The van der Waals surface area contributed by atoms with Gasteiger partial charge < -0.3 is 4.90 Å². The highest BCUT2D eigenvalue weighted by Gasteiger charge is 2.03. The molecular formula is C6H9N3OS. The molecule has 0 aromatic carbocycles. The van der Waals surface area contributed by atoms with Gasteiger partial charge in [0.25, 0.3) is 0 Å². The average molecular weight is 171 g/mol. The molecular weight excluding hydrogens is 162 g/mol. The molecule has 2 amide bonds. The van der Waals surface area contributed by atoms with Crippen molar-refractivity contribution < 1.29 is 4.79 Å². The molecule has 0 radical (unpaired) electrons. The Labute approximate surface area is 69.0 Å². The van der Waals surface area contributed by atoms with Crippen LogP contribution in [0.1, 0.15) is 0 Å². The smallest absolute Gasteiger partial charge is 0.321 e. The molecule has 0 aliphatic carbocycles. The van der Waals surface area contributed by atoms with Gasteiger partial charge in [-0.1, -0.05) is 0 Å². The highest BCUT2D eigenvalue weighted by atomic mass is 32.1. The van der Waals surface area contributed by atoms with Crippen LogP contribution in [0.4, 0.5) is 9.80 Å². The molecule has 0 unspecified atom stereocenters. The number of carbonyl (C=O) groups is 1. The standard InChI is InChI=1S/C6H9N3OS/c1-9(2)6(10)8-5-3-4-7-11-5/h3-4H,1-2H3,(H,8,10). The maximum Gasteiger partial charge on any atom is 0.321 e. The predicted octanol–water partition coefficient (Wildman–Crippen LogP) is 1.24. The third-order valence-electron chi connectivity index (χ3n) is 1.07. The zero-order valence-electron chi connectivity index (χ0n) is 6.37. The Bertz CT molecular complexity index is 232. The fourth-order valence-corrected chi connectivity index (χ4v) is 0.987. The van der Waals surface area contributed by atoms with E-state index in [-0.39, 0.29) is 6.03 Å². The van der Waals surface area contributed by atoms with E-state index in [4.69, 9.17) is 0 Å². The van der Waals surface area contributed by atoms with Crippen LogP contribution >= 0.6 is 11.5 Å². The second-order valence-electron chi connectivity index (χ2n) is 2.20. The lowest BCUT2D eigenvalue weighted by Gasteiger charge is -2.09. The van der Waals surface area contributed by atoms with Gasteiger partial charge in [-0.05, 0) is 17.6 Å². The SMILES string of the molecule is CN(C)C(=O)Nc1ccns1. The minimum Gasteiger partial charge on any atom is -0.331 e. The first-order chi connectivity index (χ1) is 5.20. The molecule has 1 aromatic rings. The molecule has 0 spiro atoms. The molecule has 0 bridgehead atoms. The van der Waals surface area contributed by atoms with Crippen LogP contribution in [-0.4, -0.2) is 29.4 Å². The topological polar surface area (TPSA) is 45.2 Å². The van der Waals surface area contributed by atoms with Gasteiger partial charge in [-0.3, -0.25) is 5.32 Å². The third kappa shape index (κ3) is 2.19. The summed E-state index contributed by atoms with van der Waals surface area (Å²) >= 11 is 1.26. The molecule has 0 saturated carbocycles. The van der Waals surface area contributed by atoms with Gasteiger partial charge in [0.2, 0.25) is 0 Å². The third-order valence-corrected chi connectivity index (χ3v) is 1.74. The van der Waals surface area contributed by atoms with Crippen LogP contribution in [-0.2, 0) is 0 Å². The van der Waals surface area contributed by atoms with E-state index in [1.54, 1.807) is 26.4 Å². The summed E-state index contributed by atoms with van der Waals surface area (Å²) in [6.45, 7) is 0. The molecule has 60 valence electrons. The summed E-state index contributed by atoms with van der Waals surface area (Å²) in [4.78, 5) is 12.5. The molecule has 1 N–H and O–H groups in total. The van der Waals surface area contributed by atoms with Gasteiger partial charge in [0.1, 0.15) is 5.00 Å².